The molecular formula is C12H18ClNO. The lowest BCUT2D eigenvalue weighted by atomic mass is 10.1. The normalized spacial score (nSPS) is 12.7. The molecule has 1 atom stereocenters. The first-order valence-corrected chi connectivity index (χ1v) is 5.74. The summed E-state index contributed by atoms with van der Waals surface area (Å²) in [4.78, 5) is 0. The van der Waals surface area contributed by atoms with Gasteiger partial charge in [-0.1, -0.05) is 13.0 Å². The second-order valence-corrected chi connectivity index (χ2v) is 3.87. The Balaban J connectivity index is 2.62. The SMILES string of the molecule is C=CCCC(NCCC)c1ccoc1Cl. The number of furan rings is 1. The van der Waals surface area contributed by atoms with Gasteiger partial charge in [-0.25, -0.2) is 0 Å². The fourth-order valence-corrected chi connectivity index (χ4v) is 1.77. The fraction of sp³-hybridized carbons (Fsp3) is 0.500. The zero-order valence-electron chi connectivity index (χ0n) is 9.13. The highest BCUT2D eigenvalue weighted by atomic mass is 35.5. The van der Waals surface area contributed by atoms with E-state index in [1.165, 1.54) is 0 Å². The minimum Gasteiger partial charge on any atom is -0.453 e. The van der Waals surface area contributed by atoms with Crippen molar-refractivity contribution in [3.05, 3.63) is 35.8 Å². The quantitative estimate of drug-likeness (QED) is 0.714. The number of hydrogen-bond acceptors (Lipinski definition) is 2. The number of rotatable bonds is 7. The molecule has 0 aliphatic heterocycles. The minimum absolute atomic E-state index is 0.272. The predicted octanol–water partition coefficient (Wildman–Crippen LogP) is 3.94. The monoisotopic (exact) mass is 227 g/mol. The predicted molar refractivity (Wildman–Crippen MR) is 64.2 cm³/mol. The van der Waals surface area contributed by atoms with Crippen molar-refractivity contribution in [2.75, 3.05) is 6.54 Å². The van der Waals surface area contributed by atoms with Crippen LogP contribution in [0.15, 0.2) is 29.4 Å². The third-order valence-electron chi connectivity index (χ3n) is 2.32. The first kappa shape index (κ1) is 12.3. The van der Waals surface area contributed by atoms with Crippen LogP contribution in [-0.4, -0.2) is 6.54 Å². The van der Waals surface area contributed by atoms with Crippen LogP contribution in [0.5, 0.6) is 0 Å². The van der Waals surface area contributed by atoms with Gasteiger partial charge < -0.3 is 9.73 Å². The zero-order valence-corrected chi connectivity index (χ0v) is 9.89. The molecule has 1 unspecified atom stereocenters. The molecule has 0 saturated heterocycles. The summed E-state index contributed by atoms with van der Waals surface area (Å²) in [5.41, 5.74) is 1.05. The van der Waals surface area contributed by atoms with E-state index in [0.717, 1.165) is 31.4 Å². The van der Waals surface area contributed by atoms with Crippen LogP contribution in [0, 0.1) is 0 Å². The van der Waals surface area contributed by atoms with Crippen molar-refractivity contribution in [3.63, 3.8) is 0 Å². The largest absolute Gasteiger partial charge is 0.453 e. The number of nitrogens with one attached hydrogen (secondary N) is 1. The highest BCUT2D eigenvalue weighted by molar-refractivity contribution is 6.29. The Hall–Kier alpha value is -0.730. The van der Waals surface area contributed by atoms with E-state index in [-0.39, 0.29) is 6.04 Å². The number of hydrogen-bond donors (Lipinski definition) is 1. The van der Waals surface area contributed by atoms with E-state index in [0.29, 0.717) is 5.22 Å². The van der Waals surface area contributed by atoms with Crippen LogP contribution >= 0.6 is 11.6 Å². The molecule has 0 amide bonds. The zero-order chi connectivity index (χ0) is 11.1. The lowest BCUT2D eigenvalue weighted by molar-refractivity contribution is 0.492. The molecule has 3 heteroatoms. The second-order valence-electron chi connectivity index (χ2n) is 3.52. The van der Waals surface area contributed by atoms with Gasteiger partial charge in [-0.05, 0) is 43.5 Å². The molecule has 1 N–H and O–H groups in total. The average molecular weight is 228 g/mol. The van der Waals surface area contributed by atoms with Gasteiger partial charge in [0.1, 0.15) is 0 Å². The average Bonchev–Trinajstić information content (AvgIpc) is 2.65. The molecule has 2 nitrogen and oxygen atoms in total. The van der Waals surface area contributed by atoms with E-state index >= 15 is 0 Å². The molecule has 0 spiro atoms. The van der Waals surface area contributed by atoms with Gasteiger partial charge in [0.05, 0.1) is 6.26 Å². The smallest absolute Gasteiger partial charge is 0.197 e. The Labute approximate surface area is 96.3 Å². The van der Waals surface area contributed by atoms with Crippen LogP contribution in [0.3, 0.4) is 0 Å². The van der Waals surface area contributed by atoms with Crippen LogP contribution in [0.4, 0.5) is 0 Å². The van der Waals surface area contributed by atoms with Gasteiger partial charge in [0, 0.05) is 11.6 Å². The summed E-state index contributed by atoms with van der Waals surface area (Å²) in [5, 5.41) is 3.95. The molecule has 1 aromatic rings. The summed E-state index contributed by atoms with van der Waals surface area (Å²) in [6, 6.07) is 2.20. The highest BCUT2D eigenvalue weighted by Gasteiger charge is 2.15. The van der Waals surface area contributed by atoms with Crippen LogP contribution in [0.25, 0.3) is 0 Å². The highest BCUT2D eigenvalue weighted by Crippen LogP contribution is 2.27. The first-order chi connectivity index (χ1) is 7.29. The van der Waals surface area contributed by atoms with E-state index in [1.54, 1.807) is 6.26 Å². The molecule has 0 saturated carbocycles. The topological polar surface area (TPSA) is 25.2 Å². The third kappa shape index (κ3) is 3.73. The molecule has 84 valence electrons. The Morgan fingerprint density at radius 2 is 2.47 bits per heavy atom. The summed E-state index contributed by atoms with van der Waals surface area (Å²) in [6.07, 6.45) is 6.65. The maximum Gasteiger partial charge on any atom is 0.197 e. The van der Waals surface area contributed by atoms with Crippen molar-refractivity contribution in [2.45, 2.75) is 32.2 Å². The summed E-state index contributed by atoms with van der Waals surface area (Å²) in [7, 11) is 0. The molecule has 0 aliphatic rings. The molecular weight excluding hydrogens is 210 g/mol. The van der Waals surface area contributed by atoms with Crippen molar-refractivity contribution in [1.82, 2.24) is 5.32 Å². The maximum absolute atomic E-state index is 5.96. The van der Waals surface area contributed by atoms with E-state index < -0.39 is 0 Å². The van der Waals surface area contributed by atoms with Crippen LogP contribution in [0.1, 0.15) is 37.8 Å². The Morgan fingerprint density at radius 3 is 3.00 bits per heavy atom. The third-order valence-corrected chi connectivity index (χ3v) is 2.63. The van der Waals surface area contributed by atoms with Gasteiger partial charge in [0.25, 0.3) is 0 Å². The van der Waals surface area contributed by atoms with Crippen molar-refractivity contribution < 1.29 is 4.42 Å². The summed E-state index contributed by atoms with van der Waals surface area (Å²) in [6.45, 7) is 6.87. The number of allylic oxidation sites excluding steroid dienone is 1. The Bertz CT molecular complexity index is 296. The molecule has 0 radical (unpaired) electrons. The van der Waals surface area contributed by atoms with Crippen molar-refractivity contribution in [1.29, 1.82) is 0 Å². The van der Waals surface area contributed by atoms with Gasteiger partial charge in [0.2, 0.25) is 0 Å². The first-order valence-electron chi connectivity index (χ1n) is 5.36. The lowest BCUT2D eigenvalue weighted by Crippen LogP contribution is -2.21. The molecule has 1 rings (SSSR count). The molecule has 0 fully saturated rings. The van der Waals surface area contributed by atoms with Crippen LogP contribution < -0.4 is 5.32 Å². The van der Waals surface area contributed by atoms with Crippen molar-refractivity contribution in [3.8, 4) is 0 Å². The van der Waals surface area contributed by atoms with Gasteiger partial charge >= 0.3 is 0 Å². The summed E-state index contributed by atoms with van der Waals surface area (Å²) < 4.78 is 5.11. The molecule has 15 heavy (non-hydrogen) atoms. The van der Waals surface area contributed by atoms with Gasteiger partial charge in [0.15, 0.2) is 5.22 Å². The van der Waals surface area contributed by atoms with E-state index in [2.05, 4.69) is 18.8 Å². The van der Waals surface area contributed by atoms with Crippen molar-refractivity contribution >= 4 is 11.6 Å². The Morgan fingerprint density at radius 1 is 1.67 bits per heavy atom. The fourth-order valence-electron chi connectivity index (χ4n) is 1.52. The molecule has 0 aliphatic carbocycles. The van der Waals surface area contributed by atoms with E-state index in [4.69, 9.17) is 16.0 Å². The van der Waals surface area contributed by atoms with Crippen LogP contribution in [-0.2, 0) is 0 Å². The van der Waals surface area contributed by atoms with E-state index in [9.17, 15) is 0 Å². The van der Waals surface area contributed by atoms with Gasteiger partial charge in [-0.3, -0.25) is 0 Å². The number of halogens is 1. The molecule has 1 aromatic heterocycles. The molecule has 1 heterocycles. The van der Waals surface area contributed by atoms with Gasteiger partial charge in [-0.2, -0.15) is 0 Å². The maximum atomic E-state index is 5.96. The van der Waals surface area contributed by atoms with E-state index in [1.807, 2.05) is 12.1 Å². The van der Waals surface area contributed by atoms with Crippen LogP contribution in [0.2, 0.25) is 5.22 Å². The summed E-state index contributed by atoms with van der Waals surface area (Å²) >= 11 is 5.96. The van der Waals surface area contributed by atoms with Gasteiger partial charge in [-0.15, -0.1) is 6.58 Å². The second kappa shape index (κ2) is 6.70. The van der Waals surface area contributed by atoms with Crippen molar-refractivity contribution in [2.24, 2.45) is 0 Å². The molecule has 0 aromatic carbocycles. The minimum atomic E-state index is 0.272. The summed E-state index contributed by atoms with van der Waals surface area (Å²) in [5.74, 6) is 0. The Kier molecular flexibility index (Phi) is 5.51. The standard InChI is InChI=1S/C12H18ClNO/c1-3-5-6-11(14-8-4-2)10-7-9-15-12(10)13/h3,7,9,11,14H,1,4-6,8H2,2H3. The lowest BCUT2D eigenvalue weighted by Gasteiger charge is -2.16. The molecule has 0 bridgehead atoms.